The first-order chi connectivity index (χ1) is 14.0. The molecule has 0 radical (unpaired) electrons. The minimum absolute atomic E-state index is 0.154. The third-order valence-electron chi connectivity index (χ3n) is 4.73. The molecule has 1 aliphatic heterocycles. The predicted octanol–water partition coefficient (Wildman–Crippen LogP) is 2.92. The molecule has 7 nitrogen and oxygen atoms in total. The highest BCUT2D eigenvalue weighted by molar-refractivity contribution is 7.89. The molecule has 0 atom stereocenters. The fraction of sp³-hybridized carbons (Fsp3) is 0.250. The maximum atomic E-state index is 12.7. The molecule has 9 heteroatoms. The zero-order valence-electron chi connectivity index (χ0n) is 15.6. The van der Waals surface area contributed by atoms with E-state index in [2.05, 4.69) is 15.3 Å². The molecule has 0 unspecified atom stereocenters. The van der Waals surface area contributed by atoms with E-state index in [4.69, 9.17) is 0 Å². The standard InChI is InChI=1S/C20H20N4O3S2/c25-20(22-13-19-23-18(14-28-19)15-6-8-21-9-7-15)16-4-3-5-17(12-16)29(26,27)24-10-1-2-11-24/h3-9,12,14H,1-2,10-11,13H2,(H,22,25). The van der Waals surface area contributed by atoms with Crippen LogP contribution >= 0.6 is 11.3 Å². The molecule has 1 fully saturated rings. The van der Waals surface area contributed by atoms with E-state index in [-0.39, 0.29) is 17.3 Å². The Balaban J connectivity index is 1.44. The van der Waals surface area contributed by atoms with Crippen molar-refractivity contribution in [3.05, 3.63) is 64.7 Å². The Morgan fingerprint density at radius 1 is 1.14 bits per heavy atom. The number of carbonyl (C=O) groups is 1. The van der Waals surface area contributed by atoms with Gasteiger partial charge >= 0.3 is 0 Å². The number of carbonyl (C=O) groups excluding carboxylic acids is 1. The number of nitrogens with zero attached hydrogens (tertiary/aromatic N) is 3. The average Bonchev–Trinajstić information content (AvgIpc) is 3.45. The molecule has 1 amide bonds. The van der Waals surface area contributed by atoms with Crippen molar-refractivity contribution in [2.45, 2.75) is 24.3 Å². The van der Waals surface area contributed by atoms with Gasteiger partial charge in [-0.05, 0) is 43.2 Å². The van der Waals surface area contributed by atoms with Gasteiger partial charge in [-0.2, -0.15) is 4.31 Å². The van der Waals surface area contributed by atoms with Crippen molar-refractivity contribution in [3.8, 4) is 11.3 Å². The van der Waals surface area contributed by atoms with Gasteiger partial charge in [0.05, 0.1) is 17.1 Å². The minimum Gasteiger partial charge on any atom is -0.346 e. The Morgan fingerprint density at radius 3 is 2.66 bits per heavy atom. The highest BCUT2D eigenvalue weighted by Crippen LogP contribution is 2.22. The van der Waals surface area contributed by atoms with Crippen molar-refractivity contribution >= 4 is 27.3 Å². The molecule has 0 bridgehead atoms. The van der Waals surface area contributed by atoms with Crippen LogP contribution in [0.2, 0.25) is 0 Å². The van der Waals surface area contributed by atoms with Gasteiger partial charge in [0.15, 0.2) is 0 Å². The lowest BCUT2D eigenvalue weighted by molar-refractivity contribution is 0.0950. The Kier molecular flexibility index (Phi) is 5.70. The number of hydrogen-bond acceptors (Lipinski definition) is 6. The zero-order chi connectivity index (χ0) is 20.3. The maximum absolute atomic E-state index is 12.7. The number of nitrogens with one attached hydrogen (secondary N) is 1. The molecule has 0 saturated carbocycles. The van der Waals surface area contributed by atoms with Crippen LogP contribution in [0, 0.1) is 0 Å². The summed E-state index contributed by atoms with van der Waals surface area (Å²) >= 11 is 1.46. The van der Waals surface area contributed by atoms with Crippen molar-refractivity contribution in [1.82, 2.24) is 19.6 Å². The molecule has 1 aliphatic rings. The topological polar surface area (TPSA) is 92.3 Å². The van der Waals surface area contributed by atoms with Crippen LogP contribution in [-0.4, -0.2) is 41.7 Å². The van der Waals surface area contributed by atoms with E-state index in [1.54, 1.807) is 24.5 Å². The third-order valence-corrected chi connectivity index (χ3v) is 7.47. The van der Waals surface area contributed by atoms with Crippen molar-refractivity contribution < 1.29 is 13.2 Å². The summed E-state index contributed by atoms with van der Waals surface area (Å²) in [6, 6.07) is 9.94. The van der Waals surface area contributed by atoms with Crippen LogP contribution in [0.3, 0.4) is 0 Å². The molecule has 150 valence electrons. The monoisotopic (exact) mass is 428 g/mol. The van der Waals surface area contributed by atoms with E-state index in [0.717, 1.165) is 29.1 Å². The van der Waals surface area contributed by atoms with Crippen LogP contribution in [-0.2, 0) is 16.6 Å². The molecule has 1 N–H and O–H groups in total. The fourth-order valence-corrected chi connectivity index (χ4v) is 5.49. The molecular weight excluding hydrogens is 408 g/mol. The Labute approximate surface area is 173 Å². The van der Waals surface area contributed by atoms with E-state index in [1.165, 1.54) is 27.8 Å². The van der Waals surface area contributed by atoms with Crippen LogP contribution in [0.4, 0.5) is 0 Å². The molecule has 0 spiro atoms. The molecule has 0 aliphatic carbocycles. The lowest BCUT2D eigenvalue weighted by Gasteiger charge is -2.16. The molecular formula is C20H20N4O3S2. The summed E-state index contributed by atoms with van der Waals surface area (Å²) in [4.78, 5) is 21.2. The summed E-state index contributed by atoms with van der Waals surface area (Å²) in [5, 5.41) is 5.52. The smallest absolute Gasteiger partial charge is 0.251 e. The second-order valence-electron chi connectivity index (χ2n) is 6.68. The molecule has 3 aromatic rings. The van der Waals surface area contributed by atoms with Gasteiger partial charge < -0.3 is 5.32 Å². The summed E-state index contributed by atoms with van der Waals surface area (Å²) in [6.07, 6.45) is 5.15. The number of hydrogen-bond donors (Lipinski definition) is 1. The number of pyridine rings is 1. The van der Waals surface area contributed by atoms with Gasteiger partial charge in [0.25, 0.3) is 5.91 Å². The number of sulfonamides is 1. The minimum atomic E-state index is -3.55. The lowest BCUT2D eigenvalue weighted by atomic mass is 10.2. The Morgan fingerprint density at radius 2 is 1.90 bits per heavy atom. The number of thiazole rings is 1. The molecule has 1 aromatic carbocycles. The van der Waals surface area contributed by atoms with Crippen molar-refractivity contribution in [1.29, 1.82) is 0 Å². The van der Waals surface area contributed by atoms with Crippen LogP contribution in [0.25, 0.3) is 11.3 Å². The normalized spacial score (nSPS) is 14.8. The van der Waals surface area contributed by atoms with E-state index < -0.39 is 10.0 Å². The first-order valence-corrected chi connectivity index (χ1v) is 11.6. The molecule has 1 saturated heterocycles. The number of benzene rings is 1. The van der Waals surface area contributed by atoms with Crippen molar-refractivity contribution in [3.63, 3.8) is 0 Å². The van der Waals surface area contributed by atoms with Gasteiger partial charge in [-0.25, -0.2) is 13.4 Å². The van der Waals surface area contributed by atoms with Crippen LogP contribution in [0.1, 0.15) is 28.2 Å². The first-order valence-electron chi connectivity index (χ1n) is 9.27. The second kappa shape index (κ2) is 8.40. The third kappa shape index (κ3) is 4.36. The lowest BCUT2D eigenvalue weighted by Crippen LogP contribution is -2.28. The van der Waals surface area contributed by atoms with Gasteiger partial charge in [-0.3, -0.25) is 9.78 Å². The fourth-order valence-electron chi connectivity index (χ4n) is 3.18. The van der Waals surface area contributed by atoms with Gasteiger partial charge in [-0.1, -0.05) is 6.07 Å². The van der Waals surface area contributed by atoms with E-state index in [0.29, 0.717) is 18.7 Å². The highest BCUT2D eigenvalue weighted by atomic mass is 32.2. The highest BCUT2D eigenvalue weighted by Gasteiger charge is 2.27. The summed E-state index contributed by atoms with van der Waals surface area (Å²) < 4.78 is 26.9. The predicted molar refractivity (Wildman–Crippen MR) is 111 cm³/mol. The van der Waals surface area contributed by atoms with Gasteiger partial charge in [0.1, 0.15) is 5.01 Å². The maximum Gasteiger partial charge on any atom is 0.251 e. The summed E-state index contributed by atoms with van der Waals surface area (Å²) in [5.41, 5.74) is 2.12. The van der Waals surface area contributed by atoms with Gasteiger partial charge in [0.2, 0.25) is 10.0 Å². The molecule has 29 heavy (non-hydrogen) atoms. The van der Waals surface area contributed by atoms with E-state index in [9.17, 15) is 13.2 Å². The van der Waals surface area contributed by atoms with Crippen molar-refractivity contribution in [2.24, 2.45) is 0 Å². The summed E-state index contributed by atoms with van der Waals surface area (Å²) in [6.45, 7) is 1.34. The van der Waals surface area contributed by atoms with Gasteiger partial charge in [-0.15, -0.1) is 11.3 Å². The number of rotatable bonds is 6. The van der Waals surface area contributed by atoms with E-state index >= 15 is 0 Å². The SMILES string of the molecule is O=C(NCc1nc(-c2ccncc2)cs1)c1cccc(S(=O)(=O)N2CCCC2)c1. The zero-order valence-corrected chi connectivity index (χ0v) is 17.2. The van der Waals surface area contributed by atoms with Crippen LogP contribution in [0.5, 0.6) is 0 Å². The second-order valence-corrected chi connectivity index (χ2v) is 9.56. The van der Waals surface area contributed by atoms with E-state index in [1.807, 2.05) is 17.5 Å². The average molecular weight is 429 g/mol. The number of amides is 1. The Hall–Kier alpha value is -2.62. The van der Waals surface area contributed by atoms with Gasteiger partial charge in [0, 0.05) is 42.0 Å². The quantitative estimate of drug-likeness (QED) is 0.652. The molecule has 4 rings (SSSR count). The summed E-state index contributed by atoms with van der Waals surface area (Å²) in [5.74, 6) is -0.330. The molecule has 2 aromatic heterocycles. The largest absolute Gasteiger partial charge is 0.346 e. The van der Waals surface area contributed by atoms with Crippen LogP contribution in [0.15, 0.2) is 59.1 Å². The first kappa shape index (κ1) is 19.7. The number of aromatic nitrogens is 2. The van der Waals surface area contributed by atoms with Crippen molar-refractivity contribution in [2.75, 3.05) is 13.1 Å². The molecule has 3 heterocycles. The Bertz CT molecular complexity index is 1110. The summed E-state index contributed by atoms with van der Waals surface area (Å²) in [7, 11) is -3.55. The van der Waals surface area contributed by atoms with Crippen LogP contribution < -0.4 is 5.32 Å².